The minimum atomic E-state index is 0.875. The average molecular weight is 165 g/mol. The minimum Gasteiger partial charge on any atom is -0.257 e. The van der Waals surface area contributed by atoms with Crippen LogP contribution in [-0.2, 0) is 0 Å². The van der Waals surface area contributed by atoms with Gasteiger partial charge in [-0.1, -0.05) is 39.5 Å². The zero-order valence-corrected chi connectivity index (χ0v) is 8.27. The normalized spacial score (nSPS) is 13.1. The lowest BCUT2D eigenvalue weighted by Gasteiger charge is -2.04. The molecule has 0 aromatic heterocycles. The van der Waals surface area contributed by atoms with Crippen molar-refractivity contribution in [2.75, 3.05) is 6.54 Å². The molecule has 1 nitrogen and oxygen atoms in total. The third-order valence-electron chi connectivity index (χ3n) is 2.18. The van der Waals surface area contributed by atoms with Crippen molar-refractivity contribution in [1.29, 1.82) is 0 Å². The first-order chi connectivity index (χ1) is 5.79. The van der Waals surface area contributed by atoms with Gasteiger partial charge in [-0.3, -0.25) is 4.90 Å². The van der Waals surface area contributed by atoms with Crippen LogP contribution in [0.4, 0.5) is 0 Å². The molecule has 0 N–H and O–H groups in total. The van der Waals surface area contributed by atoms with Gasteiger partial charge in [0.05, 0.1) is 0 Å². The summed E-state index contributed by atoms with van der Waals surface area (Å²) in [6, 6.07) is 5.85. The van der Waals surface area contributed by atoms with E-state index >= 15 is 0 Å². The maximum absolute atomic E-state index is 2.93. The predicted molar refractivity (Wildman–Crippen MR) is 52.4 cm³/mol. The predicted octanol–water partition coefficient (Wildman–Crippen LogP) is 2.83. The van der Waals surface area contributed by atoms with Gasteiger partial charge in [0.2, 0.25) is 0 Å². The average Bonchev–Trinajstić information content (AvgIpc) is 2.79. The molecule has 1 rings (SSSR count). The van der Waals surface area contributed by atoms with E-state index in [2.05, 4.69) is 25.9 Å². The molecule has 0 amide bonds. The topological polar surface area (TPSA) is 3.01 Å². The molecule has 0 saturated carbocycles. The largest absolute Gasteiger partial charge is 0.257 e. The fourth-order valence-corrected chi connectivity index (χ4v) is 1.32. The molecule has 1 aliphatic rings. The minimum absolute atomic E-state index is 0.875. The molecule has 0 radical (unpaired) electrons. The lowest BCUT2D eigenvalue weighted by Crippen LogP contribution is -2.00. The summed E-state index contributed by atoms with van der Waals surface area (Å²) in [6.07, 6.45) is 6.86. The van der Waals surface area contributed by atoms with Crippen LogP contribution >= 0.6 is 0 Å². The van der Waals surface area contributed by atoms with Crippen molar-refractivity contribution in [1.82, 2.24) is 4.90 Å². The molecular formula is C11H19N. The number of nitrogens with zero attached hydrogens (tertiary/aromatic N) is 1. The van der Waals surface area contributed by atoms with E-state index in [9.17, 15) is 0 Å². The standard InChI is InChI=1S/C11H19N/c1-11(2)7-5-3-4-6-8-12-9-10-12/h11H,3-8H2,1-2H3. The van der Waals surface area contributed by atoms with E-state index in [0.717, 1.165) is 12.5 Å². The Bertz CT molecular complexity index is 159. The molecule has 0 unspecified atom stereocenters. The number of unbranched alkanes of at least 4 members (excludes halogenated alkanes) is 3. The molecule has 1 heterocycles. The quantitative estimate of drug-likeness (QED) is 0.414. The molecule has 0 spiro atoms. The second-order valence-corrected chi connectivity index (χ2v) is 3.97. The molecule has 1 heteroatoms. The third-order valence-corrected chi connectivity index (χ3v) is 2.18. The second kappa shape index (κ2) is 5.09. The van der Waals surface area contributed by atoms with Crippen LogP contribution in [0, 0.1) is 18.0 Å². The van der Waals surface area contributed by atoms with Gasteiger partial charge in [0, 0.05) is 18.6 Å². The molecule has 68 valence electrons. The Balaban J connectivity index is 1.70. The fraction of sp³-hybridized carbons (Fsp3) is 0.818. The molecule has 0 aromatic rings. The summed E-state index contributed by atoms with van der Waals surface area (Å²) in [5.74, 6) is 0.875. The molecule has 0 aromatic carbocycles. The molecule has 0 atom stereocenters. The fourth-order valence-electron chi connectivity index (χ4n) is 1.32. The lowest BCUT2D eigenvalue weighted by atomic mass is 10.0. The van der Waals surface area contributed by atoms with E-state index in [0.29, 0.717) is 0 Å². The van der Waals surface area contributed by atoms with Crippen molar-refractivity contribution in [3.05, 3.63) is 0 Å². The summed E-state index contributed by atoms with van der Waals surface area (Å²) >= 11 is 0. The van der Waals surface area contributed by atoms with Crippen molar-refractivity contribution in [3.63, 3.8) is 0 Å². The number of hydrogen-bond acceptors (Lipinski definition) is 1. The Morgan fingerprint density at radius 2 is 1.67 bits per heavy atom. The van der Waals surface area contributed by atoms with Crippen molar-refractivity contribution >= 4 is 0 Å². The summed E-state index contributed by atoms with van der Waals surface area (Å²) in [5, 5.41) is 0. The summed E-state index contributed by atoms with van der Waals surface area (Å²) < 4.78 is 0. The molecular weight excluding hydrogens is 146 g/mol. The van der Waals surface area contributed by atoms with E-state index in [4.69, 9.17) is 0 Å². The van der Waals surface area contributed by atoms with Crippen LogP contribution in [0.5, 0.6) is 0 Å². The second-order valence-electron chi connectivity index (χ2n) is 3.97. The summed E-state index contributed by atoms with van der Waals surface area (Å²) in [6.45, 7) is 5.73. The molecule has 0 saturated heterocycles. The molecule has 0 aliphatic carbocycles. The van der Waals surface area contributed by atoms with E-state index in [1.807, 2.05) is 4.90 Å². The van der Waals surface area contributed by atoms with Crippen LogP contribution in [0.2, 0.25) is 0 Å². The zero-order chi connectivity index (χ0) is 8.81. The van der Waals surface area contributed by atoms with Crippen LogP contribution in [0.25, 0.3) is 0 Å². The van der Waals surface area contributed by atoms with Crippen molar-refractivity contribution in [3.8, 4) is 12.1 Å². The van der Waals surface area contributed by atoms with Gasteiger partial charge >= 0.3 is 0 Å². The number of rotatable bonds is 7. The van der Waals surface area contributed by atoms with E-state index in [1.54, 1.807) is 0 Å². The Hall–Kier alpha value is -0.640. The number of hydrogen-bond donors (Lipinski definition) is 0. The first-order valence-electron chi connectivity index (χ1n) is 5.08. The SMILES string of the molecule is CC(C)CCCCCCN1C#C1. The van der Waals surface area contributed by atoms with Crippen molar-refractivity contribution in [2.24, 2.45) is 5.92 Å². The van der Waals surface area contributed by atoms with Gasteiger partial charge < -0.3 is 0 Å². The Morgan fingerprint density at radius 1 is 1.00 bits per heavy atom. The van der Waals surface area contributed by atoms with Gasteiger partial charge in [-0.25, -0.2) is 0 Å². The molecule has 0 fully saturated rings. The highest BCUT2D eigenvalue weighted by Gasteiger charge is 2.02. The highest BCUT2D eigenvalue weighted by atomic mass is 15.1. The van der Waals surface area contributed by atoms with Gasteiger partial charge in [-0.15, -0.1) is 0 Å². The third kappa shape index (κ3) is 5.07. The summed E-state index contributed by atoms with van der Waals surface area (Å²) in [7, 11) is 0. The van der Waals surface area contributed by atoms with Gasteiger partial charge in [0.1, 0.15) is 0 Å². The molecule has 12 heavy (non-hydrogen) atoms. The Kier molecular flexibility index (Phi) is 4.00. The lowest BCUT2D eigenvalue weighted by molar-refractivity contribution is 0.499. The Morgan fingerprint density at radius 3 is 2.25 bits per heavy atom. The van der Waals surface area contributed by atoms with Gasteiger partial charge in [-0.2, -0.15) is 0 Å². The van der Waals surface area contributed by atoms with E-state index in [-0.39, 0.29) is 0 Å². The van der Waals surface area contributed by atoms with Crippen LogP contribution in [-0.4, -0.2) is 11.4 Å². The first kappa shape index (κ1) is 9.45. The van der Waals surface area contributed by atoms with Crippen LogP contribution < -0.4 is 0 Å². The zero-order valence-electron chi connectivity index (χ0n) is 8.27. The Labute approximate surface area is 76.1 Å². The van der Waals surface area contributed by atoms with E-state index < -0.39 is 0 Å². The van der Waals surface area contributed by atoms with Crippen LogP contribution in [0.15, 0.2) is 0 Å². The van der Waals surface area contributed by atoms with Gasteiger partial charge in [0.25, 0.3) is 0 Å². The van der Waals surface area contributed by atoms with Crippen LogP contribution in [0.3, 0.4) is 0 Å². The van der Waals surface area contributed by atoms with Crippen molar-refractivity contribution in [2.45, 2.75) is 46.0 Å². The van der Waals surface area contributed by atoms with Crippen molar-refractivity contribution < 1.29 is 0 Å². The monoisotopic (exact) mass is 165 g/mol. The van der Waals surface area contributed by atoms with Gasteiger partial charge in [-0.05, 0) is 12.3 Å². The highest BCUT2D eigenvalue weighted by molar-refractivity contribution is 5.17. The summed E-state index contributed by atoms with van der Waals surface area (Å²) in [4.78, 5) is 2.02. The van der Waals surface area contributed by atoms with Crippen LogP contribution in [0.1, 0.15) is 46.0 Å². The maximum atomic E-state index is 2.93. The first-order valence-corrected chi connectivity index (χ1v) is 5.08. The maximum Gasteiger partial charge on any atom is 0.0445 e. The smallest absolute Gasteiger partial charge is 0.0445 e. The molecule has 0 bridgehead atoms. The van der Waals surface area contributed by atoms with E-state index in [1.165, 1.54) is 32.1 Å². The highest BCUT2D eigenvalue weighted by Crippen LogP contribution is 2.10. The summed E-state index contributed by atoms with van der Waals surface area (Å²) in [5.41, 5.74) is 0. The van der Waals surface area contributed by atoms with Gasteiger partial charge in [0.15, 0.2) is 0 Å². The molecule has 1 aliphatic heterocycles.